The highest BCUT2D eigenvalue weighted by Crippen LogP contribution is 2.21. The molecular formula is C19H22N2O4. The van der Waals surface area contributed by atoms with Crippen LogP contribution in [-0.4, -0.2) is 38.8 Å². The number of imide groups is 1. The summed E-state index contributed by atoms with van der Waals surface area (Å²) in [5.74, 6) is 0.116. The van der Waals surface area contributed by atoms with Crippen molar-refractivity contribution in [1.82, 2.24) is 10.6 Å². The molecule has 0 radical (unpaired) electrons. The molecule has 6 nitrogen and oxygen atoms in total. The lowest BCUT2D eigenvalue weighted by Gasteiger charge is -2.12. The van der Waals surface area contributed by atoms with Crippen LogP contribution in [0.5, 0.6) is 5.75 Å². The molecule has 132 valence electrons. The van der Waals surface area contributed by atoms with Crippen LogP contribution in [-0.2, 0) is 16.0 Å². The first-order valence-corrected chi connectivity index (χ1v) is 8.00. The monoisotopic (exact) mass is 342 g/mol. The van der Waals surface area contributed by atoms with E-state index in [-0.39, 0.29) is 6.61 Å². The molecule has 0 aliphatic rings. The molecule has 0 spiro atoms. The molecule has 25 heavy (non-hydrogen) atoms. The number of ether oxygens (including phenoxy) is 2. The number of hydrogen-bond donors (Lipinski definition) is 2. The van der Waals surface area contributed by atoms with Gasteiger partial charge in [0.25, 0.3) is 5.91 Å². The fourth-order valence-electron chi connectivity index (χ4n) is 2.22. The summed E-state index contributed by atoms with van der Waals surface area (Å²) in [5.41, 5.74) is 2.13. The maximum Gasteiger partial charge on any atom is 0.321 e. The van der Waals surface area contributed by atoms with E-state index in [1.807, 2.05) is 54.6 Å². The molecule has 6 heteroatoms. The van der Waals surface area contributed by atoms with Gasteiger partial charge in [-0.25, -0.2) is 4.79 Å². The van der Waals surface area contributed by atoms with Crippen molar-refractivity contribution in [1.29, 1.82) is 0 Å². The molecule has 0 atom stereocenters. The minimum atomic E-state index is -0.566. The highest BCUT2D eigenvalue weighted by Gasteiger charge is 2.10. The number of para-hydroxylation sites is 1. The molecule has 0 aliphatic carbocycles. The third kappa shape index (κ3) is 6.64. The van der Waals surface area contributed by atoms with Crippen LogP contribution in [0.3, 0.4) is 0 Å². The molecular weight excluding hydrogens is 320 g/mol. The van der Waals surface area contributed by atoms with Gasteiger partial charge in [0.15, 0.2) is 6.61 Å². The van der Waals surface area contributed by atoms with E-state index in [1.165, 1.54) is 7.11 Å². The minimum absolute atomic E-state index is 0.233. The van der Waals surface area contributed by atoms with Crippen LogP contribution in [0.15, 0.2) is 54.6 Å². The first-order chi connectivity index (χ1) is 12.2. The van der Waals surface area contributed by atoms with Gasteiger partial charge >= 0.3 is 6.03 Å². The van der Waals surface area contributed by atoms with E-state index in [4.69, 9.17) is 9.47 Å². The number of carbonyl (C=O) groups excluding carboxylic acids is 2. The predicted molar refractivity (Wildman–Crippen MR) is 94.6 cm³/mol. The Balaban J connectivity index is 1.86. The second-order valence-electron chi connectivity index (χ2n) is 5.36. The number of methoxy groups -OCH3 is 1. The molecule has 0 heterocycles. The molecule has 3 amide bonds. The number of hydrogen-bond acceptors (Lipinski definition) is 4. The molecule has 0 bridgehead atoms. The summed E-state index contributed by atoms with van der Waals surface area (Å²) in [6, 6.07) is 17.0. The number of carbonyl (C=O) groups is 2. The first-order valence-electron chi connectivity index (χ1n) is 8.00. The molecule has 2 rings (SSSR count). The van der Waals surface area contributed by atoms with Crippen molar-refractivity contribution >= 4 is 11.9 Å². The Kier molecular flexibility index (Phi) is 7.46. The molecule has 2 N–H and O–H groups in total. The van der Waals surface area contributed by atoms with E-state index in [1.54, 1.807) is 0 Å². The zero-order valence-electron chi connectivity index (χ0n) is 14.2. The van der Waals surface area contributed by atoms with Crippen LogP contribution in [0.25, 0.3) is 0 Å². The van der Waals surface area contributed by atoms with Crippen molar-refractivity contribution in [2.45, 2.75) is 6.42 Å². The average Bonchev–Trinajstić information content (AvgIpc) is 2.62. The van der Waals surface area contributed by atoms with Crippen LogP contribution in [0.1, 0.15) is 11.1 Å². The van der Waals surface area contributed by atoms with Crippen molar-refractivity contribution in [2.75, 3.05) is 26.9 Å². The topological polar surface area (TPSA) is 76.7 Å². The summed E-state index contributed by atoms with van der Waals surface area (Å²) in [7, 11) is 1.53. The van der Waals surface area contributed by atoms with Crippen LogP contribution in [0.4, 0.5) is 4.79 Å². The SMILES string of the molecule is COCCNC(=O)NC(=O)COc1ccccc1Cc1ccccc1. The second kappa shape index (κ2) is 10.1. The van der Waals surface area contributed by atoms with Crippen molar-refractivity contribution in [2.24, 2.45) is 0 Å². The maximum absolute atomic E-state index is 11.8. The van der Waals surface area contributed by atoms with Gasteiger partial charge in [-0.3, -0.25) is 10.1 Å². The van der Waals surface area contributed by atoms with Crippen molar-refractivity contribution in [3.05, 3.63) is 65.7 Å². The normalized spacial score (nSPS) is 10.1. The fraction of sp³-hybridized carbons (Fsp3) is 0.263. The minimum Gasteiger partial charge on any atom is -0.483 e. The molecule has 0 saturated heterocycles. The summed E-state index contributed by atoms with van der Waals surface area (Å²) in [5, 5.41) is 4.71. The number of urea groups is 1. The van der Waals surface area contributed by atoms with Crippen LogP contribution in [0.2, 0.25) is 0 Å². The van der Waals surface area contributed by atoms with Gasteiger partial charge in [-0.15, -0.1) is 0 Å². The standard InChI is InChI=1S/C19H22N2O4/c1-24-12-11-20-19(23)21-18(22)14-25-17-10-6-5-9-16(17)13-15-7-3-2-4-8-15/h2-10H,11-14H2,1H3,(H2,20,21,22,23). The van der Waals surface area contributed by atoms with Gasteiger partial charge in [-0.1, -0.05) is 48.5 Å². The van der Waals surface area contributed by atoms with Crippen molar-refractivity contribution in [3.63, 3.8) is 0 Å². The van der Waals surface area contributed by atoms with E-state index < -0.39 is 11.9 Å². The molecule has 0 saturated carbocycles. The zero-order chi connectivity index (χ0) is 17.9. The number of rotatable bonds is 8. The average molecular weight is 342 g/mol. The van der Waals surface area contributed by atoms with Gasteiger partial charge in [-0.2, -0.15) is 0 Å². The highest BCUT2D eigenvalue weighted by molar-refractivity contribution is 5.95. The van der Waals surface area contributed by atoms with E-state index in [0.717, 1.165) is 11.1 Å². The molecule has 0 unspecified atom stereocenters. The van der Waals surface area contributed by atoms with Crippen LogP contribution in [0, 0.1) is 0 Å². The lowest BCUT2D eigenvalue weighted by molar-refractivity contribution is -0.122. The van der Waals surface area contributed by atoms with Gasteiger partial charge in [0.05, 0.1) is 6.61 Å². The summed E-state index contributed by atoms with van der Waals surface area (Å²) in [6.07, 6.45) is 0.705. The largest absolute Gasteiger partial charge is 0.483 e. The molecule has 2 aromatic rings. The molecule has 2 aromatic carbocycles. The van der Waals surface area contributed by atoms with E-state index in [9.17, 15) is 9.59 Å². The molecule has 0 fully saturated rings. The van der Waals surface area contributed by atoms with Gasteiger partial charge in [-0.05, 0) is 17.2 Å². The Morgan fingerprint density at radius 1 is 1.00 bits per heavy atom. The Labute approximate surface area is 147 Å². The zero-order valence-corrected chi connectivity index (χ0v) is 14.2. The van der Waals surface area contributed by atoms with Crippen molar-refractivity contribution < 1.29 is 19.1 Å². The third-order valence-corrected chi connectivity index (χ3v) is 3.41. The predicted octanol–water partition coefficient (Wildman–Crippen LogP) is 2.13. The maximum atomic E-state index is 11.8. The van der Waals surface area contributed by atoms with Gasteiger partial charge in [0.2, 0.25) is 0 Å². The highest BCUT2D eigenvalue weighted by atomic mass is 16.5. The van der Waals surface area contributed by atoms with Gasteiger partial charge in [0, 0.05) is 20.1 Å². The number of benzene rings is 2. The molecule has 0 aliphatic heterocycles. The summed E-state index contributed by atoms with van der Waals surface area (Å²) in [4.78, 5) is 23.3. The first kappa shape index (κ1) is 18.5. The quantitative estimate of drug-likeness (QED) is 0.721. The van der Waals surface area contributed by atoms with Gasteiger partial charge < -0.3 is 14.8 Å². The Bertz CT molecular complexity index is 689. The van der Waals surface area contributed by atoms with E-state index >= 15 is 0 Å². The Hall–Kier alpha value is -2.86. The van der Waals surface area contributed by atoms with Crippen LogP contribution < -0.4 is 15.4 Å². The van der Waals surface area contributed by atoms with Crippen LogP contribution >= 0.6 is 0 Å². The lowest BCUT2D eigenvalue weighted by Crippen LogP contribution is -2.42. The van der Waals surface area contributed by atoms with E-state index in [2.05, 4.69) is 10.6 Å². The lowest BCUT2D eigenvalue weighted by atomic mass is 10.0. The summed E-state index contributed by atoms with van der Waals surface area (Å²) in [6.45, 7) is 0.477. The smallest absolute Gasteiger partial charge is 0.321 e. The summed E-state index contributed by atoms with van der Waals surface area (Å²) < 4.78 is 10.4. The Morgan fingerprint density at radius 2 is 1.72 bits per heavy atom. The summed E-state index contributed by atoms with van der Waals surface area (Å²) >= 11 is 0. The number of nitrogens with one attached hydrogen (secondary N) is 2. The van der Waals surface area contributed by atoms with Gasteiger partial charge in [0.1, 0.15) is 5.75 Å². The Morgan fingerprint density at radius 3 is 2.48 bits per heavy atom. The fourth-order valence-corrected chi connectivity index (χ4v) is 2.22. The molecule has 0 aromatic heterocycles. The van der Waals surface area contributed by atoms with Crippen molar-refractivity contribution in [3.8, 4) is 5.75 Å². The second-order valence-corrected chi connectivity index (χ2v) is 5.36. The van der Waals surface area contributed by atoms with E-state index in [0.29, 0.717) is 25.3 Å². The number of amides is 3. The third-order valence-electron chi connectivity index (χ3n) is 3.41.